The number of rotatable bonds is 6. The van der Waals surface area contributed by atoms with Gasteiger partial charge in [-0.15, -0.1) is 0 Å². The van der Waals surface area contributed by atoms with E-state index in [1.807, 2.05) is 19.1 Å². The third-order valence-corrected chi connectivity index (χ3v) is 3.48. The van der Waals surface area contributed by atoms with E-state index in [2.05, 4.69) is 10.3 Å². The molecule has 1 heterocycles. The molecular formula is C17H20N2O4. The summed E-state index contributed by atoms with van der Waals surface area (Å²) < 4.78 is 15.8. The Hall–Kier alpha value is -2.76. The number of amides is 1. The fourth-order valence-electron chi connectivity index (χ4n) is 2.24. The molecule has 0 radical (unpaired) electrons. The predicted octanol–water partition coefficient (Wildman–Crippen LogP) is 2.35. The predicted molar refractivity (Wildman–Crippen MR) is 86.2 cm³/mol. The highest BCUT2D eigenvalue weighted by atomic mass is 16.5. The molecule has 2 rings (SSSR count). The molecule has 23 heavy (non-hydrogen) atoms. The average molecular weight is 316 g/mol. The molecule has 0 fully saturated rings. The van der Waals surface area contributed by atoms with Crippen LogP contribution in [0.4, 0.5) is 0 Å². The first-order valence-electron chi connectivity index (χ1n) is 7.10. The molecule has 0 atom stereocenters. The van der Waals surface area contributed by atoms with Crippen LogP contribution < -0.4 is 19.5 Å². The van der Waals surface area contributed by atoms with E-state index < -0.39 is 0 Å². The van der Waals surface area contributed by atoms with Crippen molar-refractivity contribution in [1.29, 1.82) is 0 Å². The highest BCUT2D eigenvalue weighted by Crippen LogP contribution is 2.39. The molecule has 6 heteroatoms. The summed E-state index contributed by atoms with van der Waals surface area (Å²) in [5.74, 6) is 0.952. The Morgan fingerprint density at radius 2 is 1.83 bits per heavy atom. The fraction of sp³-hybridized carbons (Fsp3) is 0.294. The normalized spacial score (nSPS) is 10.1. The third kappa shape index (κ3) is 3.53. The van der Waals surface area contributed by atoms with Crippen LogP contribution >= 0.6 is 0 Å². The molecule has 1 N–H and O–H groups in total. The molecule has 0 spiro atoms. The van der Waals surface area contributed by atoms with Gasteiger partial charge in [0.25, 0.3) is 5.91 Å². The summed E-state index contributed by atoms with van der Waals surface area (Å²) in [5.41, 5.74) is 2.21. The topological polar surface area (TPSA) is 69.7 Å². The molecule has 1 aromatic carbocycles. The molecule has 0 aliphatic heterocycles. The number of aryl methyl sites for hydroxylation is 1. The molecule has 122 valence electrons. The second-order valence-corrected chi connectivity index (χ2v) is 4.83. The van der Waals surface area contributed by atoms with Gasteiger partial charge in [-0.2, -0.15) is 0 Å². The maximum absolute atomic E-state index is 12.5. The number of carbonyl (C=O) groups excluding carboxylic acids is 1. The zero-order valence-electron chi connectivity index (χ0n) is 13.7. The number of pyridine rings is 1. The number of methoxy groups -OCH3 is 3. The summed E-state index contributed by atoms with van der Waals surface area (Å²) in [6.45, 7) is 2.29. The number of nitrogens with zero attached hydrogens (tertiary/aromatic N) is 1. The van der Waals surface area contributed by atoms with Crippen molar-refractivity contribution in [3.05, 3.63) is 47.3 Å². The van der Waals surface area contributed by atoms with Crippen molar-refractivity contribution >= 4 is 5.91 Å². The molecule has 0 bridgehead atoms. The van der Waals surface area contributed by atoms with E-state index in [1.165, 1.54) is 21.3 Å². The molecular weight excluding hydrogens is 296 g/mol. The lowest BCUT2D eigenvalue weighted by Crippen LogP contribution is -2.24. The van der Waals surface area contributed by atoms with E-state index in [1.54, 1.807) is 18.3 Å². The van der Waals surface area contributed by atoms with Crippen LogP contribution in [0, 0.1) is 6.92 Å². The quantitative estimate of drug-likeness (QED) is 0.886. The van der Waals surface area contributed by atoms with Crippen LogP contribution in [0.5, 0.6) is 17.2 Å². The summed E-state index contributed by atoms with van der Waals surface area (Å²) >= 11 is 0. The summed E-state index contributed by atoms with van der Waals surface area (Å²) in [6, 6.07) is 7.12. The van der Waals surface area contributed by atoms with Crippen LogP contribution in [0.3, 0.4) is 0 Å². The molecule has 6 nitrogen and oxygen atoms in total. The number of ether oxygens (including phenoxy) is 3. The minimum atomic E-state index is -0.271. The van der Waals surface area contributed by atoms with Gasteiger partial charge < -0.3 is 19.5 Å². The summed E-state index contributed by atoms with van der Waals surface area (Å²) in [4.78, 5) is 16.7. The number of aromatic nitrogens is 1. The van der Waals surface area contributed by atoms with Crippen molar-refractivity contribution in [1.82, 2.24) is 10.3 Å². The fourth-order valence-corrected chi connectivity index (χ4v) is 2.24. The van der Waals surface area contributed by atoms with Crippen LogP contribution in [0.2, 0.25) is 0 Å². The Morgan fingerprint density at radius 1 is 1.09 bits per heavy atom. The Balaban J connectivity index is 2.24. The number of nitrogens with one attached hydrogen (secondary N) is 1. The lowest BCUT2D eigenvalue weighted by molar-refractivity contribution is 0.0946. The summed E-state index contributed by atoms with van der Waals surface area (Å²) in [5, 5.41) is 2.84. The first-order chi connectivity index (χ1) is 11.1. The molecule has 0 aliphatic carbocycles. The van der Waals surface area contributed by atoms with E-state index in [0.29, 0.717) is 29.4 Å². The third-order valence-electron chi connectivity index (χ3n) is 3.48. The maximum atomic E-state index is 12.5. The zero-order valence-corrected chi connectivity index (χ0v) is 13.7. The molecule has 1 amide bonds. The minimum Gasteiger partial charge on any atom is -0.493 e. The smallest absolute Gasteiger partial charge is 0.255 e. The van der Waals surface area contributed by atoms with E-state index in [4.69, 9.17) is 14.2 Å². The number of carbonyl (C=O) groups is 1. The van der Waals surface area contributed by atoms with Gasteiger partial charge in [0.05, 0.1) is 39.1 Å². The molecule has 1 aromatic heterocycles. The van der Waals surface area contributed by atoms with Crippen LogP contribution in [-0.2, 0) is 6.54 Å². The average Bonchev–Trinajstić information content (AvgIpc) is 2.59. The van der Waals surface area contributed by atoms with Crippen LogP contribution in [-0.4, -0.2) is 32.2 Å². The Kier molecular flexibility index (Phi) is 5.41. The summed E-state index contributed by atoms with van der Waals surface area (Å²) in [6.07, 6.45) is 1.70. The van der Waals surface area contributed by atoms with Gasteiger partial charge in [0.1, 0.15) is 0 Å². The highest BCUT2D eigenvalue weighted by molar-refractivity contribution is 5.98. The Morgan fingerprint density at radius 3 is 2.43 bits per heavy atom. The van der Waals surface area contributed by atoms with Crippen LogP contribution in [0.15, 0.2) is 30.5 Å². The van der Waals surface area contributed by atoms with Gasteiger partial charge in [0.15, 0.2) is 11.5 Å². The number of hydrogen-bond acceptors (Lipinski definition) is 5. The molecule has 0 saturated heterocycles. The van der Waals surface area contributed by atoms with E-state index in [9.17, 15) is 4.79 Å². The van der Waals surface area contributed by atoms with E-state index in [-0.39, 0.29) is 5.91 Å². The molecule has 2 aromatic rings. The molecule has 0 unspecified atom stereocenters. The van der Waals surface area contributed by atoms with E-state index in [0.717, 1.165) is 11.3 Å². The lowest BCUT2D eigenvalue weighted by atomic mass is 10.1. The Labute approximate surface area is 135 Å². The summed E-state index contributed by atoms with van der Waals surface area (Å²) in [7, 11) is 4.51. The first kappa shape index (κ1) is 16.6. The monoisotopic (exact) mass is 316 g/mol. The van der Waals surface area contributed by atoms with Crippen molar-refractivity contribution in [2.75, 3.05) is 21.3 Å². The molecule has 0 aliphatic rings. The number of benzene rings is 1. The maximum Gasteiger partial charge on any atom is 0.255 e. The minimum absolute atomic E-state index is 0.271. The zero-order chi connectivity index (χ0) is 16.8. The standard InChI is InChI=1S/C17H20N2O4/c1-11-6-5-9-18-13(11)10-19-17(20)12-7-8-14(21-2)16(23-4)15(12)22-3/h5-9H,10H2,1-4H3,(H,19,20). The first-order valence-corrected chi connectivity index (χ1v) is 7.10. The van der Waals surface area contributed by atoms with Gasteiger partial charge in [0.2, 0.25) is 5.75 Å². The van der Waals surface area contributed by atoms with Gasteiger partial charge in [-0.1, -0.05) is 6.07 Å². The van der Waals surface area contributed by atoms with Gasteiger partial charge in [-0.25, -0.2) is 0 Å². The lowest BCUT2D eigenvalue weighted by Gasteiger charge is -2.15. The largest absolute Gasteiger partial charge is 0.493 e. The van der Waals surface area contributed by atoms with Gasteiger partial charge in [-0.05, 0) is 30.7 Å². The van der Waals surface area contributed by atoms with Crippen LogP contribution in [0.25, 0.3) is 0 Å². The van der Waals surface area contributed by atoms with Crippen LogP contribution in [0.1, 0.15) is 21.6 Å². The van der Waals surface area contributed by atoms with Crippen molar-refractivity contribution < 1.29 is 19.0 Å². The molecule has 0 saturated carbocycles. The Bertz CT molecular complexity index is 701. The van der Waals surface area contributed by atoms with E-state index >= 15 is 0 Å². The van der Waals surface area contributed by atoms with Crippen molar-refractivity contribution in [3.8, 4) is 17.2 Å². The van der Waals surface area contributed by atoms with Gasteiger partial charge in [0, 0.05) is 6.20 Å². The number of hydrogen-bond donors (Lipinski definition) is 1. The van der Waals surface area contributed by atoms with Crippen molar-refractivity contribution in [3.63, 3.8) is 0 Å². The van der Waals surface area contributed by atoms with Crippen molar-refractivity contribution in [2.24, 2.45) is 0 Å². The van der Waals surface area contributed by atoms with Crippen molar-refractivity contribution in [2.45, 2.75) is 13.5 Å². The SMILES string of the molecule is COc1ccc(C(=O)NCc2ncccc2C)c(OC)c1OC. The van der Waals surface area contributed by atoms with Gasteiger partial charge >= 0.3 is 0 Å². The second-order valence-electron chi connectivity index (χ2n) is 4.83. The van der Waals surface area contributed by atoms with Gasteiger partial charge in [-0.3, -0.25) is 9.78 Å². The highest BCUT2D eigenvalue weighted by Gasteiger charge is 2.20. The second kappa shape index (κ2) is 7.49.